The molecule has 1 rings (SSSR count). The van der Waals surface area contributed by atoms with Gasteiger partial charge in [-0.1, -0.05) is 32.0 Å². The molecular formula is C14H20ClNO2. The maximum absolute atomic E-state index is 11.8. The first-order chi connectivity index (χ1) is 8.58. The zero-order valence-corrected chi connectivity index (χ0v) is 11.9. The van der Waals surface area contributed by atoms with E-state index in [2.05, 4.69) is 13.8 Å². The Morgan fingerprint density at radius 1 is 1.39 bits per heavy atom. The molecule has 1 aromatic carbocycles. The number of hydrogen-bond donors (Lipinski definition) is 0. The Kier molecular flexibility index (Phi) is 5.99. The molecule has 0 bridgehead atoms. The molecular weight excluding hydrogens is 250 g/mol. The zero-order valence-electron chi connectivity index (χ0n) is 11.1. The van der Waals surface area contributed by atoms with E-state index in [4.69, 9.17) is 16.3 Å². The van der Waals surface area contributed by atoms with E-state index in [0.29, 0.717) is 19.0 Å². The molecule has 3 nitrogen and oxygen atoms in total. The average Bonchev–Trinajstić information content (AvgIpc) is 2.37. The molecule has 0 heterocycles. The summed E-state index contributed by atoms with van der Waals surface area (Å²) in [4.78, 5) is 13.6. The second kappa shape index (κ2) is 7.27. The Hall–Kier alpha value is -1.22. The molecule has 0 N–H and O–H groups in total. The highest BCUT2D eigenvalue weighted by molar-refractivity contribution is 6.27. The van der Waals surface area contributed by atoms with Gasteiger partial charge in [-0.25, -0.2) is 0 Å². The van der Waals surface area contributed by atoms with Gasteiger partial charge >= 0.3 is 0 Å². The normalized spacial score (nSPS) is 10.5. The number of alkyl halides is 1. The molecule has 0 saturated carbocycles. The van der Waals surface area contributed by atoms with Crippen LogP contribution < -0.4 is 4.74 Å². The SMILES string of the molecule is COc1ccccc1CN(CC(C)C)C(=O)CCl. The zero-order chi connectivity index (χ0) is 13.5. The summed E-state index contributed by atoms with van der Waals surface area (Å²) in [5.74, 6) is 1.18. The van der Waals surface area contributed by atoms with E-state index in [-0.39, 0.29) is 11.8 Å². The number of benzene rings is 1. The fourth-order valence-corrected chi connectivity index (χ4v) is 1.99. The number of methoxy groups -OCH3 is 1. The van der Waals surface area contributed by atoms with E-state index < -0.39 is 0 Å². The summed E-state index contributed by atoms with van der Waals surface area (Å²) >= 11 is 5.65. The van der Waals surface area contributed by atoms with Gasteiger partial charge in [0.2, 0.25) is 5.91 Å². The second-order valence-corrected chi connectivity index (χ2v) is 4.88. The Morgan fingerprint density at radius 3 is 2.61 bits per heavy atom. The minimum absolute atomic E-state index is 0.0157. The van der Waals surface area contributed by atoms with Gasteiger partial charge < -0.3 is 9.64 Å². The molecule has 0 fully saturated rings. The van der Waals surface area contributed by atoms with Crippen LogP contribution in [0.25, 0.3) is 0 Å². The van der Waals surface area contributed by atoms with Crippen molar-refractivity contribution in [2.75, 3.05) is 19.5 Å². The van der Waals surface area contributed by atoms with Crippen LogP contribution in [-0.2, 0) is 11.3 Å². The molecule has 0 aliphatic heterocycles. The minimum Gasteiger partial charge on any atom is -0.496 e. The standard InChI is InChI=1S/C14H20ClNO2/c1-11(2)9-16(14(17)8-15)10-12-6-4-5-7-13(12)18-3/h4-7,11H,8-10H2,1-3H3. The first kappa shape index (κ1) is 14.8. The van der Waals surface area contributed by atoms with Crippen molar-refractivity contribution in [2.24, 2.45) is 5.92 Å². The Labute approximate surface area is 114 Å². The van der Waals surface area contributed by atoms with Crippen LogP contribution in [0.4, 0.5) is 0 Å². The number of nitrogens with zero attached hydrogens (tertiary/aromatic N) is 1. The van der Waals surface area contributed by atoms with Crippen LogP contribution in [0.3, 0.4) is 0 Å². The number of para-hydroxylation sites is 1. The van der Waals surface area contributed by atoms with Crippen LogP contribution in [0.5, 0.6) is 5.75 Å². The Bertz CT molecular complexity index is 393. The number of halogens is 1. The number of ether oxygens (including phenoxy) is 1. The lowest BCUT2D eigenvalue weighted by atomic mass is 10.1. The summed E-state index contributed by atoms with van der Waals surface area (Å²) in [6.07, 6.45) is 0. The number of hydrogen-bond acceptors (Lipinski definition) is 2. The predicted molar refractivity (Wildman–Crippen MR) is 74.0 cm³/mol. The quantitative estimate of drug-likeness (QED) is 0.743. The van der Waals surface area contributed by atoms with Crippen LogP contribution >= 0.6 is 11.6 Å². The van der Waals surface area contributed by atoms with E-state index in [0.717, 1.165) is 11.3 Å². The van der Waals surface area contributed by atoms with Gasteiger partial charge in [0, 0.05) is 18.7 Å². The number of carbonyl (C=O) groups excluding carboxylic acids is 1. The molecule has 0 aromatic heterocycles. The van der Waals surface area contributed by atoms with Gasteiger partial charge in [-0.15, -0.1) is 11.6 Å². The van der Waals surface area contributed by atoms with E-state index in [1.165, 1.54) is 0 Å². The first-order valence-electron chi connectivity index (χ1n) is 6.04. The summed E-state index contributed by atoms with van der Waals surface area (Å²) in [6, 6.07) is 7.72. The summed E-state index contributed by atoms with van der Waals surface area (Å²) in [7, 11) is 1.63. The van der Waals surface area contributed by atoms with Crippen molar-refractivity contribution in [3.8, 4) is 5.75 Å². The number of amides is 1. The van der Waals surface area contributed by atoms with Gasteiger partial charge in [0.25, 0.3) is 0 Å². The van der Waals surface area contributed by atoms with Gasteiger partial charge in [-0.3, -0.25) is 4.79 Å². The number of carbonyl (C=O) groups is 1. The van der Waals surface area contributed by atoms with Gasteiger partial charge in [-0.05, 0) is 12.0 Å². The van der Waals surface area contributed by atoms with E-state index in [1.54, 1.807) is 12.0 Å². The molecule has 0 aliphatic rings. The third kappa shape index (κ3) is 4.22. The van der Waals surface area contributed by atoms with E-state index in [9.17, 15) is 4.79 Å². The summed E-state index contributed by atoms with van der Waals surface area (Å²) in [6.45, 7) is 5.39. The first-order valence-corrected chi connectivity index (χ1v) is 6.57. The Balaban J connectivity index is 2.85. The molecule has 4 heteroatoms. The Morgan fingerprint density at radius 2 is 2.06 bits per heavy atom. The van der Waals surface area contributed by atoms with Crippen LogP contribution in [0, 0.1) is 5.92 Å². The average molecular weight is 270 g/mol. The topological polar surface area (TPSA) is 29.5 Å². The smallest absolute Gasteiger partial charge is 0.237 e. The lowest BCUT2D eigenvalue weighted by Gasteiger charge is -2.24. The summed E-state index contributed by atoms with van der Waals surface area (Å²) in [5.41, 5.74) is 0.999. The molecule has 1 aromatic rings. The third-order valence-electron chi connectivity index (χ3n) is 2.61. The fraction of sp³-hybridized carbons (Fsp3) is 0.500. The second-order valence-electron chi connectivity index (χ2n) is 4.61. The lowest BCUT2D eigenvalue weighted by Crippen LogP contribution is -2.34. The van der Waals surface area contributed by atoms with Crippen LogP contribution in [0.2, 0.25) is 0 Å². The number of rotatable bonds is 6. The van der Waals surface area contributed by atoms with Gasteiger partial charge in [0.1, 0.15) is 11.6 Å². The van der Waals surface area contributed by atoms with Crippen molar-refractivity contribution in [2.45, 2.75) is 20.4 Å². The summed E-state index contributed by atoms with van der Waals surface area (Å²) in [5, 5.41) is 0. The van der Waals surface area contributed by atoms with Crippen molar-refractivity contribution in [1.29, 1.82) is 0 Å². The molecule has 100 valence electrons. The van der Waals surface area contributed by atoms with Crippen LogP contribution in [-0.4, -0.2) is 30.3 Å². The predicted octanol–water partition coefficient (Wildman–Crippen LogP) is 2.92. The van der Waals surface area contributed by atoms with Gasteiger partial charge in [0.05, 0.1) is 7.11 Å². The molecule has 0 aliphatic carbocycles. The molecule has 0 saturated heterocycles. The highest BCUT2D eigenvalue weighted by Gasteiger charge is 2.16. The maximum atomic E-state index is 11.8. The van der Waals surface area contributed by atoms with Gasteiger partial charge in [0.15, 0.2) is 0 Å². The van der Waals surface area contributed by atoms with Crippen LogP contribution in [0.15, 0.2) is 24.3 Å². The van der Waals surface area contributed by atoms with Crippen molar-refractivity contribution >= 4 is 17.5 Å². The molecule has 0 atom stereocenters. The van der Waals surface area contributed by atoms with E-state index in [1.807, 2.05) is 24.3 Å². The monoisotopic (exact) mass is 269 g/mol. The van der Waals surface area contributed by atoms with Crippen LogP contribution in [0.1, 0.15) is 19.4 Å². The van der Waals surface area contributed by atoms with Crippen molar-refractivity contribution in [3.05, 3.63) is 29.8 Å². The third-order valence-corrected chi connectivity index (χ3v) is 2.83. The largest absolute Gasteiger partial charge is 0.496 e. The molecule has 0 radical (unpaired) electrons. The molecule has 0 spiro atoms. The van der Waals surface area contributed by atoms with Gasteiger partial charge in [-0.2, -0.15) is 0 Å². The summed E-state index contributed by atoms with van der Waals surface area (Å²) < 4.78 is 5.29. The molecule has 18 heavy (non-hydrogen) atoms. The van der Waals surface area contributed by atoms with Crippen molar-refractivity contribution in [3.63, 3.8) is 0 Å². The molecule has 0 unspecified atom stereocenters. The highest BCUT2D eigenvalue weighted by atomic mass is 35.5. The van der Waals surface area contributed by atoms with Crippen molar-refractivity contribution in [1.82, 2.24) is 4.90 Å². The lowest BCUT2D eigenvalue weighted by molar-refractivity contribution is -0.129. The van der Waals surface area contributed by atoms with E-state index >= 15 is 0 Å². The minimum atomic E-state index is -0.0451. The fourth-order valence-electron chi connectivity index (χ4n) is 1.82. The maximum Gasteiger partial charge on any atom is 0.237 e. The highest BCUT2D eigenvalue weighted by Crippen LogP contribution is 2.20. The molecule has 1 amide bonds. The van der Waals surface area contributed by atoms with Crippen molar-refractivity contribution < 1.29 is 9.53 Å².